The molecule has 140 valence electrons. The highest BCUT2D eigenvalue weighted by atomic mass is 35.5. The Bertz CT molecular complexity index is 928. The number of ether oxygens (including phenoxy) is 1. The first-order chi connectivity index (χ1) is 12.9. The summed E-state index contributed by atoms with van der Waals surface area (Å²) in [6.45, 7) is 1.70. The Morgan fingerprint density at radius 1 is 1.30 bits per heavy atom. The fourth-order valence-electron chi connectivity index (χ4n) is 2.90. The Labute approximate surface area is 166 Å². The molecule has 5 nitrogen and oxygen atoms in total. The number of thiocarbonyl (C=S) groups is 1. The predicted molar refractivity (Wildman–Crippen MR) is 107 cm³/mol. The number of carbonyl (C=O) groups excluding carboxylic acids is 1. The maximum Gasteiger partial charge on any atom is 0.255 e. The molecule has 1 heterocycles. The number of amides is 1. The minimum atomic E-state index is -0.821. The van der Waals surface area contributed by atoms with E-state index in [1.807, 2.05) is 0 Å². The maximum absolute atomic E-state index is 14.5. The van der Waals surface area contributed by atoms with Crippen LogP contribution in [0.3, 0.4) is 0 Å². The van der Waals surface area contributed by atoms with Gasteiger partial charge in [-0.05, 0) is 43.4 Å². The molecule has 0 unspecified atom stereocenters. The van der Waals surface area contributed by atoms with E-state index < -0.39 is 17.8 Å². The van der Waals surface area contributed by atoms with Crippen molar-refractivity contribution in [1.82, 2.24) is 10.6 Å². The molecule has 3 N–H and O–H groups in total. The van der Waals surface area contributed by atoms with Gasteiger partial charge in [-0.1, -0.05) is 23.7 Å². The summed E-state index contributed by atoms with van der Waals surface area (Å²) in [7, 11) is 1.54. The maximum atomic E-state index is 14.5. The average molecular weight is 406 g/mol. The second-order valence-corrected chi connectivity index (χ2v) is 6.71. The minimum Gasteiger partial charge on any atom is -0.497 e. The summed E-state index contributed by atoms with van der Waals surface area (Å²) in [4.78, 5) is 13.0. The van der Waals surface area contributed by atoms with Crippen LogP contribution in [0.2, 0.25) is 5.02 Å². The molecule has 0 aliphatic carbocycles. The molecular formula is C19H17ClFN3O2S. The van der Waals surface area contributed by atoms with Crippen LogP contribution in [0.4, 0.5) is 10.1 Å². The van der Waals surface area contributed by atoms with Crippen LogP contribution >= 0.6 is 23.8 Å². The molecule has 1 aliphatic heterocycles. The highest BCUT2D eigenvalue weighted by Gasteiger charge is 2.33. The molecule has 1 aliphatic rings. The summed E-state index contributed by atoms with van der Waals surface area (Å²) in [6, 6.07) is 10.5. The van der Waals surface area contributed by atoms with Gasteiger partial charge in [-0.3, -0.25) is 4.79 Å². The first-order valence-corrected chi connectivity index (χ1v) is 8.87. The number of nitrogens with one attached hydrogen (secondary N) is 3. The van der Waals surface area contributed by atoms with Crippen LogP contribution in [0, 0.1) is 5.82 Å². The van der Waals surface area contributed by atoms with Gasteiger partial charge >= 0.3 is 0 Å². The summed E-state index contributed by atoms with van der Waals surface area (Å²) in [6.07, 6.45) is 0. The second kappa shape index (κ2) is 7.94. The van der Waals surface area contributed by atoms with Crippen LogP contribution in [0.25, 0.3) is 0 Å². The van der Waals surface area contributed by atoms with E-state index in [2.05, 4.69) is 16.0 Å². The fourth-order valence-corrected chi connectivity index (χ4v) is 3.44. The molecule has 0 fully saturated rings. The van der Waals surface area contributed by atoms with Crippen LogP contribution < -0.4 is 20.7 Å². The van der Waals surface area contributed by atoms with E-state index in [9.17, 15) is 9.18 Å². The minimum absolute atomic E-state index is 0.165. The smallest absolute Gasteiger partial charge is 0.255 e. The monoisotopic (exact) mass is 405 g/mol. The van der Waals surface area contributed by atoms with Crippen molar-refractivity contribution in [1.29, 1.82) is 0 Å². The third-order valence-electron chi connectivity index (χ3n) is 4.13. The third kappa shape index (κ3) is 4.04. The molecule has 3 rings (SSSR count). The van der Waals surface area contributed by atoms with Crippen molar-refractivity contribution in [3.63, 3.8) is 0 Å². The van der Waals surface area contributed by atoms with Gasteiger partial charge in [0.05, 0.1) is 18.7 Å². The highest BCUT2D eigenvalue weighted by Crippen LogP contribution is 2.34. The van der Waals surface area contributed by atoms with Crippen molar-refractivity contribution < 1.29 is 13.9 Å². The van der Waals surface area contributed by atoms with Gasteiger partial charge in [-0.25, -0.2) is 4.39 Å². The Morgan fingerprint density at radius 2 is 2.04 bits per heavy atom. The molecule has 2 aromatic rings. The number of hydrogen-bond donors (Lipinski definition) is 3. The van der Waals surface area contributed by atoms with Crippen molar-refractivity contribution >= 4 is 40.5 Å². The zero-order chi connectivity index (χ0) is 19.6. The van der Waals surface area contributed by atoms with Crippen LogP contribution in [0.1, 0.15) is 18.5 Å². The van der Waals surface area contributed by atoms with Gasteiger partial charge in [0.2, 0.25) is 0 Å². The molecule has 0 aromatic heterocycles. The largest absolute Gasteiger partial charge is 0.497 e. The number of anilines is 1. The summed E-state index contributed by atoms with van der Waals surface area (Å²) >= 11 is 11.4. The zero-order valence-corrected chi connectivity index (χ0v) is 16.2. The second-order valence-electron chi connectivity index (χ2n) is 5.89. The topological polar surface area (TPSA) is 62.4 Å². The standard InChI is InChI=1S/C19H17ClFN3O2S/c1-10-15(18(25)23-11-5-3-6-12(9-11)26-2)17(24-19(27)22-10)16-13(20)7-4-8-14(16)21/h3-9,17H,1-2H3,(H,23,25)(H2,22,24,27)/t17-/m1/s1. The van der Waals surface area contributed by atoms with Gasteiger partial charge in [-0.15, -0.1) is 0 Å². The summed E-state index contributed by atoms with van der Waals surface area (Å²) in [5.41, 5.74) is 1.52. The van der Waals surface area contributed by atoms with E-state index in [1.54, 1.807) is 44.4 Å². The number of benzene rings is 2. The van der Waals surface area contributed by atoms with Crippen LogP contribution in [0.5, 0.6) is 5.75 Å². The van der Waals surface area contributed by atoms with Gasteiger partial charge in [-0.2, -0.15) is 0 Å². The Kier molecular flexibility index (Phi) is 5.62. The lowest BCUT2D eigenvalue weighted by Gasteiger charge is -2.31. The summed E-state index contributed by atoms with van der Waals surface area (Å²) in [5.74, 6) is -0.329. The lowest BCUT2D eigenvalue weighted by Crippen LogP contribution is -2.46. The van der Waals surface area contributed by atoms with Crippen molar-refractivity contribution in [2.24, 2.45) is 0 Å². The highest BCUT2D eigenvalue weighted by molar-refractivity contribution is 7.80. The molecule has 27 heavy (non-hydrogen) atoms. The molecule has 0 saturated carbocycles. The Balaban J connectivity index is 2.00. The molecular weight excluding hydrogens is 389 g/mol. The van der Waals surface area contributed by atoms with Crippen LogP contribution in [-0.2, 0) is 4.79 Å². The van der Waals surface area contributed by atoms with Crippen LogP contribution in [-0.4, -0.2) is 18.1 Å². The lowest BCUT2D eigenvalue weighted by molar-refractivity contribution is -0.113. The van der Waals surface area contributed by atoms with Crippen molar-refractivity contribution in [2.45, 2.75) is 13.0 Å². The Hall–Kier alpha value is -2.64. The normalized spacial score (nSPS) is 16.4. The van der Waals surface area contributed by atoms with Gasteiger partial charge < -0.3 is 20.7 Å². The molecule has 0 radical (unpaired) electrons. The summed E-state index contributed by atoms with van der Waals surface area (Å²) < 4.78 is 19.7. The lowest BCUT2D eigenvalue weighted by atomic mass is 9.94. The van der Waals surface area contributed by atoms with Crippen LogP contribution in [0.15, 0.2) is 53.7 Å². The molecule has 0 saturated heterocycles. The van der Waals surface area contributed by atoms with Gasteiger partial charge in [0.1, 0.15) is 11.6 Å². The Morgan fingerprint density at radius 3 is 2.74 bits per heavy atom. The van der Waals surface area contributed by atoms with Crippen molar-refractivity contribution in [3.05, 3.63) is 70.1 Å². The number of carbonyl (C=O) groups is 1. The number of hydrogen-bond acceptors (Lipinski definition) is 3. The number of rotatable bonds is 4. The molecule has 1 atom stereocenters. The average Bonchev–Trinajstić information content (AvgIpc) is 2.61. The van der Waals surface area contributed by atoms with Gasteiger partial charge in [0, 0.05) is 28.0 Å². The number of allylic oxidation sites excluding steroid dienone is 1. The molecule has 8 heteroatoms. The quantitative estimate of drug-likeness (QED) is 0.673. The molecule has 1 amide bonds. The third-order valence-corrected chi connectivity index (χ3v) is 4.68. The van der Waals surface area contributed by atoms with Crippen molar-refractivity contribution in [2.75, 3.05) is 12.4 Å². The van der Waals surface area contributed by atoms with E-state index >= 15 is 0 Å². The fraction of sp³-hybridized carbons (Fsp3) is 0.158. The first kappa shape index (κ1) is 19.1. The number of methoxy groups -OCH3 is 1. The SMILES string of the molecule is COc1cccc(NC(=O)C2=C(C)NC(=S)N[C@H]2c2c(F)cccc2Cl)c1. The first-order valence-electron chi connectivity index (χ1n) is 8.08. The molecule has 0 spiro atoms. The van der Waals surface area contributed by atoms with Gasteiger partial charge in [0.15, 0.2) is 5.11 Å². The predicted octanol–water partition coefficient (Wildman–Crippen LogP) is 3.92. The van der Waals surface area contributed by atoms with Gasteiger partial charge in [0.25, 0.3) is 5.91 Å². The van der Waals surface area contributed by atoms with E-state index in [-0.39, 0.29) is 15.7 Å². The van der Waals surface area contributed by atoms with E-state index in [1.165, 1.54) is 12.1 Å². The van der Waals surface area contributed by atoms with Crippen molar-refractivity contribution in [3.8, 4) is 5.75 Å². The summed E-state index contributed by atoms with van der Waals surface area (Å²) in [5, 5.41) is 9.14. The molecule has 2 aromatic carbocycles. The number of halogens is 2. The van der Waals surface area contributed by atoms with E-state index in [0.717, 1.165) is 0 Å². The molecule has 0 bridgehead atoms. The van der Waals surface area contributed by atoms with E-state index in [0.29, 0.717) is 22.7 Å². The zero-order valence-electron chi connectivity index (χ0n) is 14.6. The van der Waals surface area contributed by atoms with E-state index in [4.69, 9.17) is 28.6 Å².